The number of carbonyl (C=O) groups is 1. The van der Waals surface area contributed by atoms with Crippen molar-refractivity contribution in [2.24, 2.45) is 0 Å². The van der Waals surface area contributed by atoms with Gasteiger partial charge in [0.2, 0.25) is 5.91 Å². The smallest absolute Gasteiger partial charge is 0.244 e. The maximum Gasteiger partial charge on any atom is 0.244 e. The average molecular weight is 321 g/mol. The van der Waals surface area contributed by atoms with Gasteiger partial charge >= 0.3 is 0 Å². The third-order valence-electron chi connectivity index (χ3n) is 3.05. The Morgan fingerprint density at radius 3 is 2.42 bits per heavy atom. The van der Waals surface area contributed by atoms with Crippen LogP contribution < -0.4 is 5.32 Å². The van der Waals surface area contributed by atoms with Crippen molar-refractivity contribution >= 4 is 38.3 Å². The van der Waals surface area contributed by atoms with Gasteiger partial charge in [-0.25, -0.2) is 0 Å². The number of halogens is 1. The maximum atomic E-state index is 11.9. The number of benzene rings is 2. The molecular formula is C15H17BrN2O. The Morgan fingerprint density at radius 1 is 1.16 bits per heavy atom. The molecule has 1 amide bonds. The quantitative estimate of drug-likeness (QED) is 0.938. The zero-order valence-electron chi connectivity index (χ0n) is 11.3. The fraction of sp³-hybridized carbons (Fsp3) is 0.267. The molecule has 1 N–H and O–H groups in total. The monoisotopic (exact) mass is 320 g/mol. The summed E-state index contributed by atoms with van der Waals surface area (Å²) in [7, 11) is 3.53. The van der Waals surface area contributed by atoms with Crippen LogP contribution in [0.5, 0.6) is 0 Å². The highest BCUT2D eigenvalue weighted by molar-refractivity contribution is 9.10. The molecule has 0 aliphatic carbocycles. The fourth-order valence-electron chi connectivity index (χ4n) is 2.07. The number of nitrogens with zero attached hydrogens (tertiary/aromatic N) is 1. The topological polar surface area (TPSA) is 32.3 Å². The summed E-state index contributed by atoms with van der Waals surface area (Å²) in [5.41, 5.74) is 0.974. The van der Waals surface area contributed by atoms with Crippen LogP contribution in [0.4, 0.5) is 5.69 Å². The molecule has 4 heteroatoms. The average Bonchev–Trinajstić information content (AvgIpc) is 2.41. The van der Waals surface area contributed by atoms with Crippen molar-refractivity contribution in [2.75, 3.05) is 19.4 Å². The highest BCUT2D eigenvalue weighted by Gasteiger charge is 2.15. The van der Waals surface area contributed by atoms with Crippen LogP contribution in [0.15, 0.2) is 40.9 Å². The number of nitrogens with one attached hydrogen (secondary N) is 1. The summed E-state index contributed by atoms with van der Waals surface area (Å²) in [5, 5.41) is 5.52. The largest absolute Gasteiger partial charge is 0.373 e. The lowest BCUT2D eigenvalue weighted by molar-refractivity contribution is -0.129. The summed E-state index contributed by atoms with van der Waals surface area (Å²) in [5.74, 6) is 0.0620. The first-order valence-electron chi connectivity index (χ1n) is 6.15. The lowest BCUT2D eigenvalue weighted by atomic mass is 10.1. The molecule has 0 saturated carbocycles. The molecule has 0 saturated heterocycles. The first-order chi connectivity index (χ1) is 9.00. The second kappa shape index (κ2) is 5.61. The minimum atomic E-state index is -0.250. The Hall–Kier alpha value is -1.55. The number of anilines is 1. The minimum Gasteiger partial charge on any atom is -0.373 e. The number of likely N-dealkylation sites (N-methyl/N-ethyl adjacent to an activating group) is 1. The van der Waals surface area contributed by atoms with Crippen molar-refractivity contribution in [1.82, 2.24) is 4.90 Å². The summed E-state index contributed by atoms with van der Waals surface area (Å²) in [6.45, 7) is 1.87. The van der Waals surface area contributed by atoms with Gasteiger partial charge in [-0.3, -0.25) is 4.79 Å². The molecule has 0 fully saturated rings. The van der Waals surface area contributed by atoms with E-state index in [-0.39, 0.29) is 11.9 Å². The number of hydrogen-bond acceptors (Lipinski definition) is 2. The van der Waals surface area contributed by atoms with Crippen molar-refractivity contribution in [3.63, 3.8) is 0 Å². The van der Waals surface area contributed by atoms with Crippen LogP contribution in [0, 0.1) is 0 Å². The van der Waals surface area contributed by atoms with Gasteiger partial charge in [-0.1, -0.05) is 40.2 Å². The first-order valence-corrected chi connectivity index (χ1v) is 6.95. The zero-order chi connectivity index (χ0) is 14.0. The van der Waals surface area contributed by atoms with Crippen LogP contribution in [0.2, 0.25) is 0 Å². The molecular weight excluding hydrogens is 304 g/mol. The molecule has 0 aliphatic heterocycles. The fourth-order valence-corrected chi connectivity index (χ4v) is 2.55. The van der Waals surface area contributed by atoms with Crippen molar-refractivity contribution < 1.29 is 4.79 Å². The van der Waals surface area contributed by atoms with Crippen molar-refractivity contribution in [2.45, 2.75) is 13.0 Å². The third-order valence-corrected chi connectivity index (χ3v) is 3.75. The van der Waals surface area contributed by atoms with E-state index in [4.69, 9.17) is 0 Å². The second-order valence-corrected chi connectivity index (χ2v) is 5.59. The highest BCUT2D eigenvalue weighted by Crippen LogP contribution is 2.30. The summed E-state index contributed by atoms with van der Waals surface area (Å²) in [6.07, 6.45) is 0. The van der Waals surface area contributed by atoms with E-state index in [0.29, 0.717) is 0 Å². The van der Waals surface area contributed by atoms with Crippen LogP contribution in [0.1, 0.15) is 6.92 Å². The van der Waals surface area contributed by atoms with E-state index in [1.807, 2.05) is 31.2 Å². The standard InChI is InChI=1S/C15H17BrN2O/c1-10(15(19)18(2)3)17-14-9-8-13(16)11-6-4-5-7-12(11)14/h4-10,17H,1-3H3. The molecule has 2 aromatic carbocycles. The molecule has 2 rings (SSSR count). The molecule has 2 aromatic rings. The Balaban J connectivity index is 2.36. The van der Waals surface area contributed by atoms with Gasteiger partial charge in [-0.2, -0.15) is 0 Å². The van der Waals surface area contributed by atoms with Crippen molar-refractivity contribution in [1.29, 1.82) is 0 Å². The van der Waals surface area contributed by atoms with Gasteiger partial charge < -0.3 is 10.2 Å². The number of hydrogen-bond donors (Lipinski definition) is 1. The van der Waals surface area contributed by atoms with Gasteiger partial charge in [0.1, 0.15) is 6.04 Å². The third kappa shape index (κ3) is 2.89. The number of rotatable bonds is 3. The van der Waals surface area contributed by atoms with Gasteiger partial charge in [-0.05, 0) is 24.4 Å². The molecule has 3 nitrogen and oxygen atoms in total. The van der Waals surface area contributed by atoms with Crippen LogP contribution in [-0.4, -0.2) is 30.9 Å². The van der Waals surface area contributed by atoms with Gasteiger partial charge in [0.25, 0.3) is 0 Å². The molecule has 1 unspecified atom stereocenters. The summed E-state index contributed by atoms with van der Waals surface area (Å²) in [6, 6.07) is 11.9. The normalized spacial score (nSPS) is 12.2. The lowest BCUT2D eigenvalue weighted by Crippen LogP contribution is -2.36. The van der Waals surface area contributed by atoms with E-state index >= 15 is 0 Å². The van der Waals surface area contributed by atoms with Crippen LogP contribution in [0.3, 0.4) is 0 Å². The molecule has 100 valence electrons. The van der Waals surface area contributed by atoms with Gasteiger partial charge in [-0.15, -0.1) is 0 Å². The van der Waals surface area contributed by atoms with Crippen LogP contribution in [-0.2, 0) is 4.79 Å². The van der Waals surface area contributed by atoms with E-state index in [1.54, 1.807) is 19.0 Å². The van der Waals surface area contributed by atoms with E-state index in [1.165, 1.54) is 0 Å². The van der Waals surface area contributed by atoms with Gasteiger partial charge in [0.05, 0.1) is 0 Å². The Kier molecular flexibility index (Phi) is 4.10. The van der Waals surface area contributed by atoms with Crippen molar-refractivity contribution in [3.8, 4) is 0 Å². The van der Waals surface area contributed by atoms with E-state index < -0.39 is 0 Å². The molecule has 0 heterocycles. The maximum absolute atomic E-state index is 11.9. The highest BCUT2D eigenvalue weighted by atomic mass is 79.9. The van der Waals surface area contributed by atoms with E-state index in [2.05, 4.69) is 33.4 Å². The van der Waals surface area contributed by atoms with Crippen LogP contribution in [0.25, 0.3) is 10.8 Å². The van der Waals surface area contributed by atoms with Crippen LogP contribution >= 0.6 is 15.9 Å². The number of fused-ring (bicyclic) bond motifs is 1. The van der Waals surface area contributed by atoms with E-state index in [9.17, 15) is 4.79 Å². The van der Waals surface area contributed by atoms with Gasteiger partial charge in [0.15, 0.2) is 0 Å². The Morgan fingerprint density at radius 2 is 1.79 bits per heavy atom. The predicted molar refractivity (Wildman–Crippen MR) is 83.4 cm³/mol. The second-order valence-electron chi connectivity index (χ2n) is 4.74. The molecule has 0 bridgehead atoms. The zero-order valence-corrected chi connectivity index (χ0v) is 12.9. The summed E-state index contributed by atoms with van der Waals surface area (Å²) < 4.78 is 1.06. The SMILES string of the molecule is CC(Nc1ccc(Br)c2ccccc12)C(=O)N(C)C. The molecule has 0 radical (unpaired) electrons. The predicted octanol–water partition coefficient (Wildman–Crippen LogP) is 3.49. The van der Waals surface area contributed by atoms with Crippen molar-refractivity contribution in [3.05, 3.63) is 40.9 Å². The number of amides is 1. The Bertz CT molecular complexity index is 610. The first kappa shape index (κ1) is 13.9. The molecule has 0 aliphatic rings. The molecule has 0 aromatic heterocycles. The lowest BCUT2D eigenvalue weighted by Gasteiger charge is -2.20. The number of carbonyl (C=O) groups excluding carboxylic acids is 1. The summed E-state index contributed by atoms with van der Waals surface area (Å²) in [4.78, 5) is 13.5. The Labute approximate surface area is 121 Å². The molecule has 1 atom stereocenters. The van der Waals surface area contributed by atoms with E-state index in [0.717, 1.165) is 20.9 Å². The molecule has 0 spiro atoms. The van der Waals surface area contributed by atoms with Gasteiger partial charge in [0, 0.05) is 29.6 Å². The minimum absolute atomic E-state index is 0.0620. The summed E-state index contributed by atoms with van der Waals surface area (Å²) >= 11 is 3.55. The molecule has 19 heavy (non-hydrogen) atoms.